The van der Waals surface area contributed by atoms with E-state index in [0.717, 1.165) is 24.1 Å². The summed E-state index contributed by atoms with van der Waals surface area (Å²) in [4.78, 5) is 14.4. The molecule has 0 saturated carbocycles. The molecule has 2 aromatic carbocycles. The molecular weight excluding hydrogens is 369 g/mol. The molecule has 0 aliphatic carbocycles. The summed E-state index contributed by atoms with van der Waals surface area (Å²) in [6.07, 6.45) is 0.768. The lowest BCUT2D eigenvalue weighted by atomic mass is 10.00. The van der Waals surface area contributed by atoms with Crippen LogP contribution in [0.1, 0.15) is 21.6 Å². The van der Waals surface area contributed by atoms with E-state index in [-0.39, 0.29) is 23.1 Å². The maximum atomic E-state index is 13.7. The summed E-state index contributed by atoms with van der Waals surface area (Å²) >= 11 is 0. The Kier molecular flexibility index (Phi) is 4.68. The number of nitrogens with one attached hydrogen (secondary N) is 1. The van der Waals surface area contributed by atoms with E-state index in [1.165, 1.54) is 17.7 Å². The number of nitrogens with zero attached hydrogens (tertiary/aromatic N) is 3. The molecule has 28 heavy (non-hydrogen) atoms. The van der Waals surface area contributed by atoms with Crippen molar-refractivity contribution in [1.82, 2.24) is 15.1 Å². The van der Waals surface area contributed by atoms with Gasteiger partial charge in [0, 0.05) is 13.1 Å². The number of hydrogen-bond donors (Lipinski definition) is 1. The Morgan fingerprint density at radius 3 is 2.46 bits per heavy atom. The third-order valence-electron chi connectivity index (χ3n) is 4.60. The lowest BCUT2D eigenvalue weighted by Gasteiger charge is -2.28. The van der Waals surface area contributed by atoms with Crippen LogP contribution in [-0.2, 0) is 13.0 Å². The van der Waals surface area contributed by atoms with Crippen LogP contribution < -0.4 is 5.32 Å². The van der Waals surface area contributed by atoms with Crippen LogP contribution >= 0.6 is 0 Å². The van der Waals surface area contributed by atoms with Crippen molar-refractivity contribution < 1.29 is 18.0 Å². The number of rotatable bonds is 3. The second kappa shape index (κ2) is 7.30. The van der Waals surface area contributed by atoms with Gasteiger partial charge in [0.1, 0.15) is 0 Å². The van der Waals surface area contributed by atoms with E-state index in [1.807, 2.05) is 18.2 Å². The van der Waals surface area contributed by atoms with Gasteiger partial charge in [0.05, 0.1) is 5.69 Å². The van der Waals surface area contributed by atoms with Gasteiger partial charge in [-0.2, -0.15) is 0 Å². The molecule has 1 N–H and O–H groups in total. The second-order valence-corrected chi connectivity index (χ2v) is 6.40. The van der Waals surface area contributed by atoms with Gasteiger partial charge in [0.15, 0.2) is 29.0 Å². The Morgan fingerprint density at radius 2 is 1.71 bits per heavy atom. The van der Waals surface area contributed by atoms with E-state index in [9.17, 15) is 18.0 Å². The molecule has 1 aliphatic rings. The zero-order valence-corrected chi connectivity index (χ0v) is 14.6. The Labute approximate surface area is 158 Å². The van der Waals surface area contributed by atoms with Crippen LogP contribution in [0.15, 0.2) is 48.5 Å². The molecular formula is C20H15F3N4O. The highest BCUT2D eigenvalue weighted by molar-refractivity contribution is 5.92. The van der Waals surface area contributed by atoms with E-state index in [2.05, 4.69) is 21.6 Å². The summed E-state index contributed by atoms with van der Waals surface area (Å²) in [5.74, 6) is -4.36. The van der Waals surface area contributed by atoms with Crippen LogP contribution in [0.2, 0.25) is 0 Å². The zero-order chi connectivity index (χ0) is 19.7. The fourth-order valence-corrected chi connectivity index (χ4v) is 3.10. The van der Waals surface area contributed by atoms with E-state index >= 15 is 0 Å². The first kappa shape index (κ1) is 18.0. The van der Waals surface area contributed by atoms with Crippen LogP contribution in [0.5, 0.6) is 0 Å². The highest BCUT2D eigenvalue weighted by Gasteiger charge is 2.23. The molecule has 0 saturated heterocycles. The van der Waals surface area contributed by atoms with Crippen molar-refractivity contribution in [2.75, 3.05) is 11.9 Å². The number of halogens is 3. The van der Waals surface area contributed by atoms with Gasteiger partial charge in [-0.1, -0.05) is 24.3 Å². The minimum Gasteiger partial charge on any atom is -0.336 e. The molecule has 5 nitrogen and oxygen atoms in total. The van der Waals surface area contributed by atoms with E-state index < -0.39 is 17.5 Å². The van der Waals surface area contributed by atoms with Crippen LogP contribution in [0.25, 0.3) is 0 Å². The minimum atomic E-state index is -1.57. The molecule has 0 spiro atoms. The van der Waals surface area contributed by atoms with E-state index in [1.54, 1.807) is 4.90 Å². The standard InChI is InChI=1S/C20H15F3N4O/c21-14-5-6-15(19(23)18(14)22)24-17-8-7-16(25-26-17)20(28)27-10-9-12-3-1-2-4-13(12)11-27/h1-8H,9-11H2,(H,24,26). The lowest BCUT2D eigenvalue weighted by Crippen LogP contribution is -2.36. The van der Waals surface area contributed by atoms with Crippen molar-refractivity contribution in [3.8, 4) is 0 Å². The van der Waals surface area contributed by atoms with Crippen molar-refractivity contribution in [2.45, 2.75) is 13.0 Å². The Hall–Kier alpha value is -3.42. The average molecular weight is 384 g/mol. The molecule has 1 amide bonds. The number of carbonyl (C=O) groups excluding carboxylic acids is 1. The fourth-order valence-electron chi connectivity index (χ4n) is 3.10. The van der Waals surface area contributed by atoms with Gasteiger partial charge in [-0.15, -0.1) is 10.2 Å². The number of carbonyl (C=O) groups is 1. The van der Waals surface area contributed by atoms with Crippen molar-refractivity contribution in [3.63, 3.8) is 0 Å². The van der Waals surface area contributed by atoms with Crippen LogP contribution in [0, 0.1) is 17.5 Å². The number of hydrogen-bond acceptors (Lipinski definition) is 4. The molecule has 0 radical (unpaired) electrons. The Bertz CT molecular complexity index is 1040. The van der Waals surface area contributed by atoms with Crippen LogP contribution in [-0.4, -0.2) is 27.5 Å². The van der Waals surface area contributed by atoms with Crippen LogP contribution in [0.3, 0.4) is 0 Å². The number of fused-ring (bicyclic) bond motifs is 1. The molecule has 0 atom stereocenters. The topological polar surface area (TPSA) is 58.1 Å². The molecule has 3 aromatic rings. The van der Waals surface area contributed by atoms with Crippen LogP contribution in [0.4, 0.5) is 24.7 Å². The molecule has 4 rings (SSSR count). The fraction of sp³-hybridized carbons (Fsp3) is 0.150. The predicted molar refractivity (Wildman–Crippen MR) is 96.5 cm³/mol. The van der Waals surface area contributed by atoms with Gasteiger partial charge in [-0.25, -0.2) is 13.2 Å². The Balaban J connectivity index is 1.48. The van der Waals surface area contributed by atoms with Crippen molar-refractivity contribution in [1.29, 1.82) is 0 Å². The van der Waals surface area contributed by atoms with Crippen molar-refractivity contribution in [3.05, 3.63) is 82.8 Å². The normalized spacial score (nSPS) is 13.2. The second-order valence-electron chi connectivity index (χ2n) is 6.40. The summed E-state index contributed by atoms with van der Waals surface area (Å²) in [6.45, 7) is 1.08. The summed E-state index contributed by atoms with van der Waals surface area (Å²) < 4.78 is 40.0. The zero-order valence-electron chi connectivity index (χ0n) is 14.6. The molecule has 0 bridgehead atoms. The third kappa shape index (κ3) is 3.40. The molecule has 0 unspecified atom stereocenters. The molecule has 1 aliphatic heterocycles. The lowest BCUT2D eigenvalue weighted by molar-refractivity contribution is 0.0727. The average Bonchev–Trinajstić information content (AvgIpc) is 2.74. The van der Waals surface area contributed by atoms with Gasteiger partial charge < -0.3 is 10.2 Å². The summed E-state index contributed by atoms with van der Waals surface area (Å²) in [7, 11) is 0. The molecule has 1 aromatic heterocycles. The SMILES string of the molecule is O=C(c1ccc(Nc2ccc(F)c(F)c2F)nn1)N1CCc2ccccc2C1. The minimum absolute atomic E-state index is 0.102. The first-order valence-electron chi connectivity index (χ1n) is 8.63. The van der Waals surface area contributed by atoms with Gasteiger partial charge in [0.25, 0.3) is 5.91 Å². The third-order valence-corrected chi connectivity index (χ3v) is 4.60. The van der Waals surface area contributed by atoms with E-state index in [4.69, 9.17) is 0 Å². The largest absolute Gasteiger partial charge is 0.336 e. The van der Waals surface area contributed by atoms with Gasteiger partial charge in [-0.05, 0) is 41.8 Å². The predicted octanol–water partition coefficient (Wildman–Crippen LogP) is 3.84. The van der Waals surface area contributed by atoms with E-state index in [0.29, 0.717) is 13.1 Å². The number of amides is 1. The monoisotopic (exact) mass is 384 g/mol. The molecule has 2 heterocycles. The van der Waals surface area contributed by atoms with Crippen molar-refractivity contribution >= 4 is 17.4 Å². The van der Waals surface area contributed by atoms with Gasteiger partial charge in [0.2, 0.25) is 0 Å². The first-order chi connectivity index (χ1) is 13.5. The number of benzene rings is 2. The summed E-state index contributed by atoms with van der Waals surface area (Å²) in [5, 5.41) is 10.2. The van der Waals surface area contributed by atoms with Gasteiger partial charge >= 0.3 is 0 Å². The number of anilines is 2. The maximum Gasteiger partial charge on any atom is 0.274 e. The molecule has 0 fully saturated rings. The quantitative estimate of drug-likeness (QED) is 0.698. The highest BCUT2D eigenvalue weighted by Crippen LogP contribution is 2.23. The van der Waals surface area contributed by atoms with Gasteiger partial charge in [-0.3, -0.25) is 4.79 Å². The van der Waals surface area contributed by atoms with Crippen molar-refractivity contribution in [2.24, 2.45) is 0 Å². The first-order valence-corrected chi connectivity index (χ1v) is 8.63. The smallest absolute Gasteiger partial charge is 0.274 e. The Morgan fingerprint density at radius 1 is 0.929 bits per heavy atom. The number of aromatic nitrogens is 2. The molecule has 8 heteroatoms. The highest BCUT2D eigenvalue weighted by atomic mass is 19.2. The maximum absolute atomic E-state index is 13.7. The summed E-state index contributed by atoms with van der Waals surface area (Å²) in [6, 6.07) is 12.7. The summed E-state index contributed by atoms with van der Waals surface area (Å²) in [5.41, 5.74) is 2.20. The molecule has 142 valence electrons.